The molecule has 1 heterocycles. The summed E-state index contributed by atoms with van der Waals surface area (Å²) in [7, 11) is 0. The first-order chi connectivity index (χ1) is 10.1. The summed E-state index contributed by atoms with van der Waals surface area (Å²) in [4.78, 5) is 11.5. The van der Waals surface area contributed by atoms with Gasteiger partial charge in [-0.05, 0) is 36.8 Å². The summed E-state index contributed by atoms with van der Waals surface area (Å²) in [5.74, 6) is 0.591. The highest BCUT2D eigenvalue weighted by molar-refractivity contribution is 5.99. The van der Waals surface area contributed by atoms with Crippen molar-refractivity contribution in [3.8, 4) is 11.5 Å². The fourth-order valence-corrected chi connectivity index (χ4v) is 2.28. The van der Waals surface area contributed by atoms with Gasteiger partial charge in [-0.25, -0.2) is 4.39 Å². The lowest BCUT2D eigenvalue weighted by molar-refractivity contribution is 0.101. The Bertz CT molecular complexity index is 700. The minimum atomic E-state index is -0.516. The van der Waals surface area contributed by atoms with Gasteiger partial charge in [-0.2, -0.15) is 0 Å². The molecule has 0 fully saturated rings. The molecule has 2 aromatic carbocycles. The average Bonchev–Trinajstić information content (AvgIpc) is 2.92. The van der Waals surface area contributed by atoms with Crippen LogP contribution in [0.15, 0.2) is 36.4 Å². The van der Waals surface area contributed by atoms with E-state index < -0.39 is 5.82 Å². The van der Waals surface area contributed by atoms with E-state index in [9.17, 15) is 9.18 Å². The highest BCUT2D eigenvalue weighted by Gasteiger charge is 2.15. The van der Waals surface area contributed by atoms with E-state index in [0.717, 1.165) is 5.56 Å². The topological polar surface area (TPSA) is 47.6 Å². The maximum absolute atomic E-state index is 13.7. The predicted octanol–water partition coefficient (Wildman–Crippen LogP) is 3.37. The number of halogens is 1. The van der Waals surface area contributed by atoms with Crippen LogP contribution in [-0.2, 0) is 6.54 Å². The Hall–Kier alpha value is -2.56. The normalized spacial score (nSPS) is 12.3. The van der Waals surface area contributed by atoms with Gasteiger partial charge in [-0.15, -0.1) is 0 Å². The Labute approximate surface area is 121 Å². The maximum Gasteiger partial charge on any atom is 0.231 e. The lowest BCUT2D eigenvalue weighted by atomic mass is 10.1. The number of ketones is 1. The molecule has 108 valence electrons. The van der Waals surface area contributed by atoms with E-state index in [2.05, 4.69) is 5.32 Å². The van der Waals surface area contributed by atoms with Gasteiger partial charge in [0, 0.05) is 12.2 Å². The van der Waals surface area contributed by atoms with E-state index in [1.165, 1.54) is 13.0 Å². The second kappa shape index (κ2) is 5.44. The summed E-state index contributed by atoms with van der Waals surface area (Å²) in [6.45, 7) is 2.04. The molecule has 21 heavy (non-hydrogen) atoms. The summed E-state index contributed by atoms with van der Waals surface area (Å²) in [6.07, 6.45) is 0. The van der Waals surface area contributed by atoms with Gasteiger partial charge in [0.25, 0.3) is 0 Å². The van der Waals surface area contributed by atoms with Gasteiger partial charge in [0.2, 0.25) is 6.79 Å². The monoisotopic (exact) mass is 287 g/mol. The van der Waals surface area contributed by atoms with Crippen LogP contribution in [0.5, 0.6) is 11.5 Å². The van der Waals surface area contributed by atoms with Gasteiger partial charge in [0.15, 0.2) is 17.3 Å². The Morgan fingerprint density at radius 1 is 1.24 bits per heavy atom. The van der Waals surface area contributed by atoms with Crippen LogP contribution >= 0.6 is 0 Å². The van der Waals surface area contributed by atoms with Crippen LogP contribution in [0.3, 0.4) is 0 Å². The standard InChI is InChI=1S/C16H14FNO3/c1-10(19)16-12(17)3-2-4-13(16)18-8-11-5-6-14-15(7-11)21-9-20-14/h2-7,18H,8-9H2,1H3. The van der Waals surface area contributed by atoms with Crippen molar-refractivity contribution < 1.29 is 18.7 Å². The summed E-state index contributed by atoms with van der Waals surface area (Å²) in [5, 5.41) is 3.09. The number of anilines is 1. The predicted molar refractivity (Wildman–Crippen MR) is 76.3 cm³/mol. The first-order valence-corrected chi connectivity index (χ1v) is 6.57. The number of carbonyl (C=O) groups excluding carboxylic acids is 1. The van der Waals surface area contributed by atoms with Crippen molar-refractivity contribution in [2.45, 2.75) is 13.5 Å². The highest BCUT2D eigenvalue weighted by Crippen LogP contribution is 2.32. The Balaban J connectivity index is 1.79. The van der Waals surface area contributed by atoms with Crippen LogP contribution in [0.2, 0.25) is 0 Å². The van der Waals surface area contributed by atoms with Crippen molar-refractivity contribution >= 4 is 11.5 Å². The van der Waals surface area contributed by atoms with Gasteiger partial charge in [0.1, 0.15) is 5.82 Å². The van der Waals surface area contributed by atoms with Crippen molar-refractivity contribution in [2.75, 3.05) is 12.1 Å². The lowest BCUT2D eigenvalue weighted by Crippen LogP contribution is -2.07. The van der Waals surface area contributed by atoms with Gasteiger partial charge in [0.05, 0.1) is 5.56 Å². The maximum atomic E-state index is 13.7. The fraction of sp³-hybridized carbons (Fsp3) is 0.188. The van der Waals surface area contributed by atoms with Gasteiger partial charge < -0.3 is 14.8 Å². The molecule has 0 atom stereocenters. The molecule has 1 N–H and O–H groups in total. The highest BCUT2D eigenvalue weighted by atomic mass is 19.1. The first-order valence-electron chi connectivity index (χ1n) is 6.57. The van der Waals surface area contributed by atoms with Crippen LogP contribution < -0.4 is 14.8 Å². The van der Waals surface area contributed by atoms with Gasteiger partial charge >= 0.3 is 0 Å². The molecular weight excluding hydrogens is 273 g/mol. The third-order valence-electron chi connectivity index (χ3n) is 3.29. The van der Waals surface area contributed by atoms with E-state index in [4.69, 9.17) is 9.47 Å². The molecule has 1 aliphatic rings. The number of carbonyl (C=O) groups is 1. The number of fused-ring (bicyclic) bond motifs is 1. The molecular formula is C16H14FNO3. The zero-order chi connectivity index (χ0) is 14.8. The van der Waals surface area contributed by atoms with Crippen LogP contribution in [0.1, 0.15) is 22.8 Å². The summed E-state index contributed by atoms with van der Waals surface area (Å²) < 4.78 is 24.3. The molecule has 0 unspecified atom stereocenters. The Kier molecular flexibility index (Phi) is 3.48. The van der Waals surface area contributed by atoms with Crippen molar-refractivity contribution in [3.05, 3.63) is 53.3 Å². The van der Waals surface area contributed by atoms with E-state index in [1.807, 2.05) is 18.2 Å². The van der Waals surface area contributed by atoms with Gasteiger partial charge in [-0.3, -0.25) is 4.79 Å². The van der Waals surface area contributed by atoms with Crippen molar-refractivity contribution in [2.24, 2.45) is 0 Å². The SMILES string of the molecule is CC(=O)c1c(F)cccc1NCc1ccc2c(c1)OCO2. The number of hydrogen-bond acceptors (Lipinski definition) is 4. The Morgan fingerprint density at radius 3 is 2.86 bits per heavy atom. The van der Waals surface area contributed by atoms with Crippen LogP contribution in [0.4, 0.5) is 10.1 Å². The third-order valence-corrected chi connectivity index (χ3v) is 3.29. The zero-order valence-electron chi connectivity index (χ0n) is 11.5. The molecule has 0 aromatic heterocycles. The average molecular weight is 287 g/mol. The van der Waals surface area contributed by atoms with E-state index in [1.54, 1.807) is 12.1 Å². The molecule has 0 saturated heterocycles. The summed E-state index contributed by atoms with van der Waals surface area (Å²) in [5.41, 5.74) is 1.52. The van der Waals surface area contributed by atoms with E-state index >= 15 is 0 Å². The fourth-order valence-electron chi connectivity index (χ4n) is 2.28. The zero-order valence-corrected chi connectivity index (χ0v) is 11.5. The molecule has 3 rings (SSSR count). The van der Waals surface area contributed by atoms with Crippen LogP contribution in [0, 0.1) is 5.82 Å². The quantitative estimate of drug-likeness (QED) is 0.876. The molecule has 0 aliphatic carbocycles. The van der Waals surface area contributed by atoms with E-state index in [-0.39, 0.29) is 18.1 Å². The molecule has 4 nitrogen and oxygen atoms in total. The smallest absolute Gasteiger partial charge is 0.231 e. The number of ether oxygens (including phenoxy) is 2. The second-order valence-corrected chi connectivity index (χ2v) is 4.76. The molecule has 1 aliphatic heterocycles. The molecule has 0 saturated carbocycles. The number of rotatable bonds is 4. The minimum Gasteiger partial charge on any atom is -0.454 e. The van der Waals surface area contributed by atoms with E-state index in [0.29, 0.717) is 23.7 Å². The van der Waals surface area contributed by atoms with Crippen molar-refractivity contribution in [3.63, 3.8) is 0 Å². The number of benzene rings is 2. The number of hydrogen-bond donors (Lipinski definition) is 1. The molecule has 0 amide bonds. The van der Waals surface area contributed by atoms with Gasteiger partial charge in [-0.1, -0.05) is 12.1 Å². The van der Waals surface area contributed by atoms with Crippen molar-refractivity contribution in [1.29, 1.82) is 0 Å². The molecule has 2 aromatic rings. The minimum absolute atomic E-state index is 0.0817. The summed E-state index contributed by atoms with van der Waals surface area (Å²) >= 11 is 0. The van der Waals surface area contributed by atoms with Crippen LogP contribution in [0.25, 0.3) is 0 Å². The van der Waals surface area contributed by atoms with Crippen molar-refractivity contribution in [1.82, 2.24) is 0 Å². The third kappa shape index (κ3) is 2.67. The number of Topliss-reactive ketones (excluding diaryl/α,β-unsaturated/α-hetero) is 1. The summed E-state index contributed by atoms with van der Waals surface area (Å²) in [6, 6.07) is 10.1. The lowest BCUT2D eigenvalue weighted by Gasteiger charge is -2.11. The molecule has 0 bridgehead atoms. The molecule has 0 spiro atoms. The number of nitrogens with one attached hydrogen (secondary N) is 1. The Morgan fingerprint density at radius 2 is 2.05 bits per heavy atom. The largest absolute Gasteiger partial charge is 0.454 e. The molecule has 5 heteroatoms. The second-order valence-electron chi connectivity index (χ2n) is 4.76. The first kappa shape index (κ1) is 13.4. The van der Waals surface area contributed by atoms with Crippen LogP contribution in [-0.4, -0.2) is 12.6 Å². The molecule has 0 radical (unpaired) electrons.